The highest BCUT2D eigenvalue weighted by Crippen LogP contribution is 2.17. The number of halogens is 1. The first-order valence-corrected chi connectivity index (χ1v) is 6.75. The molecule has 0 fully saturated rings. The van der Waals surface area contributed by atoms with Crippen molar-refractivity contribution in [1.29, 1.82) is 0 Å². The van der Waals surface area contributed by atoms with E-state index in [2.05, 4.69) is 4.98 Å². The van der Waals surface area contributed by atoms with Gasteiger partial charge in [0.05, 0.1) is 11.6 Å². The number of hydroxylamine groups is 2. The lowest BCUT2D eigenvalue weighted by atomic mass is 10.3. The summed E-state index contributed by atoms with van der Waals surface area (Å²) in [6.07, 6.45) is 2.30. The zero-order valence-electron chi connectivity index (χ0n) is 11.1. The van der Waals surface area contributed by atoms with Gasteiger partial charge >= 0.3 is 5.91 Å². The molecule has 0 aliphatic rings. The van der Waals surface area contributed by atoms with Crippen molar-refractivity contribution in [1.82, 2.24) is 10.0 Å². The minimum absolute atomic E-state index is 0.193. The van der Waals surface area contributed by atoms with Gasteiger partial charge in [0.25, 0.3) is 0 Å². The average Bonchev–Trinajstić information content (AvgIpc) is 2.48. The van der Waals surface area contributed by atoms with Crippen molar-refractivity contribution in [2.45, 2.75) is 13.3 Å². The summed E-state index contributed by atoms with van der Waals surface area (Å²) in [5.41, 5.74) is 0.193. The van der Waals surface area contributed by atoms with Gasteiger partial charge in [-0.3, -0.25) is 4.79 Å². The van der Waals surface area contributed by atoms with Gasteiger partial charge in [-0.2, -0.15) is 5.06 Å². The van der Waals surface area contributed by atoms with E-state index in [0.29, 0.717) is 17.3 Å². The normalized spacial score (nSPS) is 10.1. The van der Waals surface area contributed by atoms with E-state index in [4.69, 9.17) is 16.4 Å². The molecule has 5 heteroatoms. The molecule has 4 nitrogen and oxygen atoms in total. The van der Waals surface area contributed by atoms with Crippen LogP contribution in [0.4, 0.5) is 0 Å². The van der Waals surface area contributed by atoms with E-state index in [1.807, 2.05) is 25.1 Å². The summed E-state index contributed by atoms with van der Waals surface area (Å²) >= 11 is 6.00. The molecule has 0 saturated carbocycles. The van der Waals surface area contributed by atoms with Crippen molar-refractivity contribution in [2.24, 2.45) is 0 Å². The lowest BCUT2D eigenvalue weighted by Crippen LogP contribution is -2.35. The number of para-hydroxylation sites is 1. The van der Waals surface area contributed by atoms with Crippen molar-refractivity contribution in [3.8, 4) is 5.75 Å². The van der Waals surface area contributed by atoms with Gasteiger partial charge in [0.2, 0.25) is 0 Å². The SMILES string of the molecule is CCCN(Oc1ccccc1)C(=O)c1ncccc1Cl. The molecule has 2 rings (SSSR count). The van der Waals surface area contributed by atoms with Crippen LogP contribution < -0.4 is 4.84 Å². The first-order chi connectivity index (χ1) is 9.72. The molecule has 0 atom stereocenters. The van der Waals surface area contributed by atoms with Crippen molar-refractivity contribution in [3.05, 3.63) is 59.4 Å². The standard InChI is InChI=1S/C15H15ClN2O2/c1-2-11-18(20-12-7-4-3-5-8-12)15(19)14-13(16)9-6-10-17-14/h3-10H,2,11H2,1H3. The highest BCUT2D eigenvalue weighted by molar-refractivity contribution is 6.33. The summed E-state index contributed by atoms with van der Waals surface area (Å²) in [7, 11) is 0. The van der Waals surface area contributed by atoms with E-state index >= 15 is 0 Å². The third-order valence-corrected chi connectivity index (χ3v) is 2.88. The number of pyridine rings is 1. The fourth-order valence-corrected chi connectivity index (χ4v) is 1.86. The minimum atomic E-state index is -0.346. The maximum Gasteiger partial charge on any atom is 0.306 e. The summed E-state index contributed by atoms with van der Waals surface area (Å²) in [5, 5.41) is 1.60. The van der Waals surface area contributed by atoms with Gasteiger partial charge in [-0.25, -0.2) is 4.98 Å². The Morgan fingerprint density at radius 1 is 1.25 bits per heavy atom. The molecule has 0 aliphatic heterocycles. The van der Waals surface area contributed by atoms with Gasteiger partial charge in [-0.05, 0) is 30.7 Å². The van der Waals surface area contributed by atoms with Crippen LogP contribution in [-0.4, -0.2) is 22.5 Å². The zero-order valence-corrected chi connectivity index (χ0v) is 11.9. The number of nitrogens with zero attached hydrogens (tertiary/aromatic N) is 2. The number of amides is 1. The number of carbonyl (C=O) groups excluding carboxylic acids is 1. The molecule has 0 aliphatic carbocycles. The fourth-order valence-electron chi connectivity index (χ4n) is 1.66. The van der Waals surface area contributed by atoms with Crippen LogP contribution >= 0.6 is 11.6 Å². The zero-order chi connectivity index (χ0) is 14.4. The van der Waals surface area contributed by atoms with Crippen LogP contribution in [0.5, 0.6) is 5.75 Å². The summed E-state index contributed by atoms with van der Waals surface area (Å²) in [5.74, 6) is 0.252. The van der Waals surface area contributed by atoms with Crippen molar-refractivity contribution >= 4 is 17.5 Å². The molecule has 0 N–H and O–H groups in total. The smallest absolute Gasteiger partial charge is 0.306 e. The lowest BCUT2D eigenvalue weighted by Gasteiger charge is -2.21. The summed E-state index contributed by atoms with van der Waals surface area (Å²) in [6.45, 7) is 2.43. The van der Waals surface area contributed by atoms with Crippen molar-refractivity contribution < 1.29 is 9.63 Å². The molecule has 0 radical (unpaired) electrons. The van der Waals surface area contributed by atoms with E-state index in [1.165, 1.54) is 11.3 Å². The molecule has 1 aromatic carbocycles. The minimum Gasteiger partial charge on any atom is -0.377 e. The molecule has 104 valence electrons. The van der Waals surface area contributed by atoms with Crippen molar-refractivity contribution in [2.75, 3.05) is 6.54 Å². The van der Waals surface area contributed by atoms with E-state index in [1.54, 1.807) is 24.3 Å². The Morgan fingerprint density at radius 2 is 2.00 bits per heavy atom. The first-order valence-electron chi connectivity index (χ1n) is 6.37. The third-order valence-electron chi connectivity index (χ3n) is 2.57. The van der Waals surface area contributed by atoms with Gasteiger partial charge < -0.3 is 4.84 Å². The second-order valence-electron chi connectivity index (χ2n) is 4.15. The Hall–Kier alpha value is -2.07. The van der Waals surface area contributed by atoms with Crippen LogP contribution in [0.15, 0.2) is 48.7 Å². The molecule has 0 spiro atoms. The van der Waals surface area contributed by atoms with Crippen LogP contribution in [0.3, 0.4) is 0 Å². The molecular weight excluding hydrogens is 276 g/mol. The predicted octanol–water partition coefficient (Wildman–Crippen LogP) is 3.58. The van der Waals surface area contributed by atoms with Crippen LogP contribution in [0, 0.1) is 0 Å². The highest BCUT2D eigenvalue weighted by Gasteiger charge is 2.20. The number of carbonyl (C=O) groups is 1. The van der Waals surface area contributed by atoms with Crippen LogP contribution in [0.2, 0.25) is 5.02 Å². The Labute approximate surface area is 122 Å². The molecule has 2 aromatic rings. The monoisotopic (exact) mass is 290 g/mol. The predicted molar refractivity (Wildman–Crippen MR) is 77.6 cm³/mol. The average molecular weight is 291 g/mol. The van der Waals surface area contributed by atoms with E-state index in [0.717, 1.165) is 6.42 Å². The number of hydrogen-bond donors (Lipinski definition) is 0. The van der Waals surface area contributed by atoms with Gasteiger partial charge in [0, 0.05) is 6.20 Å². The van der Waals surface area contributed by atoms with Gasteiger partial charge in [-0.15, -0.1) is 0 Å². The number of aromatic nitrogens is 1. The molecule has 0 saturated heterocycles. The van der Waals surface area contributed by atoms with Crippen LogP contribution in [-0.2, 0) is 0 Å². The van der Waals surface area contributed by atoms with Crippen LogP contribution in [0.25, 0.3) is 0 Å². The maximum absolute atomic E-state index is 12.4. The largest absolute Gasteiger partial charge is 0.377 e. The van der Waals surface area contributed by atoms with Gasteiger partial charge in [-0.1, -0.05) is 36.7 Å². The van der Waals surface area contributed by atoms with E-state index in [9.17, 15) is 4.79 Å². The van der Waals surface area contributed by atoms with Crippen LogP contribution in [0.1, 0.15) is 23.8 Å². The first kappa shape index (κ1) is 14.3. The molecule has 20 heavy (non-hydrogen) atoms. The second-order valence-corrected chi connectivity index (χ2v) is 4.55. The topological polar surface area (TPSA) is 42.4 Å². The number of hydrogen-bond acceptors (Lipinski definition) is 3. The summed E-state index contributed by atoms with van der Waals surface area (Å²) in [4.78, 5) is 22.0. The Morgan fingerprint density at radius 3 is 2.65 bits per heavy atom. The molecule has 0 unspecified atom stereocenters. The van der Waals surface area contributed by atoms with E-state index in [-0.39, 0.29) is 11.6 Å². The summed E-state index contributed by atoms with van der Waals surface area (Å²) < 4.78 is 0. The summed E-state index contributed by atoms with van der Waals surface area (Å²) in [6, 6.07) is 12.5. The molecular formula is C15H15ClN2O2. The van der Waals surface area contributed by atoms with E-state index < -0.39 is 0 Å². The highest BCUT2D eigenvalue weighted by atomic mass is 35.5. The molecule has 1 aromatic heterocycles. The number of rotatable bonds is 5. The lowest BCUT2D eigenvalue weighted by molar-refractivity contribution is -0.0333. The Kier molecular flexibility index (Phi) is 4.96. The third kappa shape index (κ3) is 3.48. The quantitative estimate of drug-likeness (QED) is 0.791. The Bertz CT molecular complexity index is 575. The number of benzene rings is 1. The van der Waals surface area contributed by atoms with Gasteiger partial charge in [0.15, 0.2) is 5.75 Å². The molecule has 0 bridgehead atoms. The molecule has 1 amide bonds. The van der Waals surface area contributed by atoms with Gasteiger partial charge in [0.1, 0.15) is 5.69 Å². The Balaban J connectivity index is 2.20. The second kappa shape index (κ2) is 6.91. The fraction of sp³-hybridized carbons (Fsp3) is 0.200. The molecule has 1 heterocycles. The van der Waals surface area contributed by atoms with Crippen molar-refractivity contribution in [3.63, 3.8) is 0 Å². The maximum atomic E-state index is 12.4.